The van der Waals surface area contributed by atoms with Crippen molar-refractivity contribution in [2.45, 2.75) is 19.5 Å². The summed E-state index contributed by atoms with van der Waals surface area (Å²) in [5, 5.41) is 20.4. The average Bonchev–Trinajstić information content (AvgIpc) is 3.20. The zero-order valence-corrected chi connectivity index (χ0v) is 16.1. The Morgan fingerprint density at radius 1 is 1.28 bits per heavy atom. The van der Waals surface area contributed by atoms with E-state index in [4.69, 9.17) is 4.74 Å². The van der Waals surface area contributed by atoms with Crippen LogP contribution in [-0.4, -0.2) is 32.9 Å². The van der Waals surface area contributed by atoms with Crippen molar-refractivity contribution in [2.24, 2.45) is 0 Å². The molecule has 0 bridgehead atoms. The summed E-state index contributed by atoms with van der Waals surface area (Å²) in [4.78, 5) is 17.4. The lowest BCUT2D eigenvalue weighted by Gasteiger charge is -2.29. The van der Waals surface area contributed by atoms with Gasteiger partial charge in [-0.1, -0.05) is 36.4 Å². The van der Waals surface area contributed by atoms with E-state index in [0.717, 1.165) is 11.1 Å². The summed E-state index contributed by atoms with van der Waals surface area (Å²) in [5.41, 5.74) is 2.96. The Hall–Kier alpha value is -3.81. The van der Waals surface area contributed by atoms with Crippen LogP contribution in [0.25, 0.3) is 0 Å². The van der Waals surface area contributed by atoms with Crippen LogP contribution in [0.1, 0.15) is 24.1 Å². The van der Waals surface area contributed by atoms with E-state index in [2.05, 4.69) is 20.7 Å². The number of ether oxygens (including phenoxy) is 1. The predicted molar refractivity (Wildman–Crippen MR) is 107 cm³/mol. The van der Waals surface area contributed by atoms with Crippen molar-refractivity contribution in [2.75, 3.05) is 12.4 Å². The van der Waals surface area contributed by atoms with Gasteiger partial charge in [-0.2, -0.15) is 10.1 Å². The molecule has 0 saturated heterocycles. The molecule has 29 heavy (non-hydrogen) atoms. The lowest BCUT2D eigenvalue weighted by atomic mass is 9.94. The van der Waals surface area contributed by atoms with Gasteiger partial charge in [0.25, 0.3) is 5.91 Å². The molecule has 0 saturated carbocycles. The zero-order chi connectivity index (χ0) is 20.4. The summed E-state index contributed by atoms with van der Waals surface area (Å²) in [5.74, 6) is 0.681. The Morgan fingerprint density at radius 3 is 2.83 bits per heavy atom. The van der Waals surface area contributed by atoms with Gasteiger partial charge in [-0.3, -0.25) is 4.79 Å². The van der Waals surface area contributed by atoms with Gasteiger partial charge in [-0.05, 0) is 30.2 Å². The van der Waals surface area contributed by atoms with Crippen LogP contribution in [0.5, 0.6) is 11.5 Å². The van der Waals surface area contributed by atoms with E-state index < -0.39 is 6.04 Å². The summed E-state index contributed by atoms with van der Waals surface area (Å²) in [6.07, 6.45) is 1.44. The van der Waals surface area contributed by atoms with E-state index in [0.29, 0.717) is 29.5 Å². The van der Waals surface area contributed by atoms with Crippen molar-refractivity contribution >= 4 is 11.9 Å². The Morgan fingerprint density at radius 2 is 2.07 bits per heavy atom. The number of nitrogens with one attached hydrogen (secondary N) is 2. The third kappa shape index (κ3) is 3.52. The molecule has 2 aromatic carbocycles. The largest absolute Gasteiger partial charge is 0.504 e. The summed E-state index contributed by atoms with van der Waals surface area (Å²) in [7, 11) is 1.48. The molecule has 3 N–H and O–H groups in total. The van der Waals surface area contributed by atoms with E-state index >= 15 is 0 Å². The Kier molecular flexibility index (Phi) is 4.90. The number of hydrogen-bond donors (Lipinski definition) is 3. The number of hydrogen-bond acceptors (Lipinski definition) is 6. The fourth-order valence-corrected chi connectivity index (χ4v) is 3.43. The number of aromatic hydroxyl groups is 1. The van der Waals surface area contributed by atoms with E-state index in [1.165, 1.54) is 13.4 Å². The van der Waals surface area contributed by atoms with Crippen molar-refractivity contribution in [3.8, 4) is 11.5 Å². The number of allylic oxidation sites excluding steroid dienone is 1. The van der Waals surface area contributed by atoms with Crippen molar-refractivity contribution in [3.63, 3.8) is 0 Å². The molecule has 0 spiro atoms. The first kappa shape index (κ1) is 18.5. The minimum atomic E-state index is -0.515. The fraction of sp³-hybridized carbons (Fsp3) is 0.190. The molecule has 148 valence electrons. The highest BCUT2D eigenvalue weighted by Crippen LogP contribution is 2.38. The van der Waals surface area contributed by atoms with Crippen LogP contribution >= 0.6 is 0 Å². The van der Waals surface area contributed by atoms with Gasteiger partial charge in [0.05, 0.1) is 12.7 Å². The number of phenolic OH excluding ortho intramolecular Hbond substituents is 1. The molecule has 3 aromatic rings. The van der Waals surface area contributed by atoms with Crippen LogP contribution in [0.15, 0.2) is 66.1 Å². The number of fused-ring (bicyclic) bond motifs is 1. The summed E-state index contributed by atoms with van der Waals surface area (Å²) in [6, 6.07) is 14.2. The third-order valence-corrected chi connectivity index (χ3v) is 4.85. The van der Waals surface area contributed by atoms with Gasteiger partial charge in [0.15, 0.2) is 11.5 Å². The minimum absolute atomic E-state index is 0.0276. The monoisotopic (exact) mass is 391 g/mol. The topological polar surface area (TPSA) is 101 Å². The van der Waals surface area contributed by atoms with Crippen LogP contribution in [-0.2, 0) is 11.3 Å². The molecule has 8 nitrogen and oxygen atoms in total. The predicted octanol–water partition coefficient (Wildman–Crippen LogP) is 2.60. The maximum Gasteiger partial charge on any atom is 0.251 e. The number of methoxy groups -OCH3 is 1. The highest BCUT2D eigenvalue weighted by molar-refractivity contribution is 5.96. The first-order chi connectivity index (χ1) is 14.1. The lowest BCUT2D eigenvalue weighted by Crippen LogP contribution is -2.34. The molecule has 0 fully saturated rings. The maximum absolute atomic E-state index is 13.2. The molecule has 2 heterocycles. The second kappa shape index (κ2) is 7.67. The molecular weight excluding hydrogens is 370 g/mol. The Bertz CT molecular complexity index is 1070. The van der Waals surface area contributed by atoms with Crippen LogP contribution in [0.4, 0.5) is 5.95 Å². The first-order valence-corrected chi connectivity index (χ1v) is 9.15. The van der Waals surface area contributed by atoms with Crippen LogP contribution in [0.3, 0.4) is 0 Å². The van der Waals surface area contributed by atoms with Crippen molar-refractivity contribution < 1.29 is 14.6 Å². The molecule has 1 atom stereocenters. The van der Waals surface area contributed by atoms with E-state index in [1.54, 1.807) is 22.9 Å². The molecule has 0 radical (unpaired) electrons. The molecule has 1 aromatic heterocycles. The number of phenols is 1. The normalized spacial score (nSPS) is 15.4. The standard InChI is InChI=1S/C21H21N5O3/c1-13-18(20(28)22-11-14-6-4-3-5-7-14)19(26-21(25-13)23-12-24-26)15-8-9-16(27)17(10-15)29-2/h3-10,12,19,27H,11H2,1-2H3,(H,22,28)(H,23,24,25)/t19-/m1/s1. The number of anilines is 1. The van der Waals surface area contributed by atoms with Crippen LogP contribution in [0, 0.1) is 0 Å². The SMILES string of the molecule is COc1cc([C@@H]2C(C(=O)NCc3ccccc3)=C(C)Nc3ncnn32)ccc1O. The van der Waals surface area contributed by atoms with Crippen LogP contribution in [0.2, 0.25) is 0 Å². The number of carbonyl (C=O) groups is 1. The maximum atomic E-state index is 13.2. The van der Waals surface area contributed by atoms with Gasteiger partial charge < -0.3 is 20.5 Å². The second-order valence-corrected chi connectivity index (χ2v) is 6.69. The number of carbonyl (C=O) groups excluding carboxylic acids is 1. The number of amides is 1. The molecule has 0 aliphatic carbocycles. The Balaban J connectivity index is 1.71. The van der Waals surface area contributed by atoms with E-state index in [1.807, 2.05) is 37.3 Å². The Labute approximate surface area is 167 Å². The molecule has 1 aliphatic heterocycles. The smallest absolute Gasteiger partial charge is 0.251 e. The summed E-state index contributed by atoms with van der Waals surface area (Å²) >= 11 is 0. The van der Waals surface area contributed by atoms with Gasteiger partial charge in [0.2, 0.25) is 5.95 Å². The molecule has 4 rings (SSSR count). The number of benzene rings is 2. The van der Waals surface area contributed by atoms with Gasteiger partial charge >= 0.3 is 0 Å². The minimum Gasteiger partial charge on any atom is -0.504 e. The quantitative estimate of drug-likeness (QED) is 0.618. The highest BCUT2D eigenvalue weighted by Gasteiger charge is 2.33. The summed E-state index contributed by atoms with van der Waals surface area (Å²) < 4.78 is 6.90. The second-order valence-electron chi connectivity index (χ2n) is 6.69. The third-order valence-electron chi connectivity index (χ3n) is 4.85. The van der Waals surface area contributed by atoms with Crippen molar-refractivity contribution in [1.82, 2.24) is 20.1 Å². The molecular formula is C21H21N5O3. The molecule has 1 aliphatic rings. The molecule has 8 heteroatoms. The van der Waals surface area contributed by atoms with Crippen molar-refractivity contribution in [1.29, 1.82) is 0 Å². The van der Waals surface area contributed by atoms with E-state index in [-0.39, 0.29) is 11.7 Å². The van der Waals surface area contributed by atoms with Gasteiger partial charge in [0.1, 0.15) is 12.4 Å². The lowest BCUT2D eigenvalue weighted by molar-refractivity contribution is -0.118. The first-order valence-electron chi connectivity index (χ1n) is 9.15. The van der Waals surface area contributed by atoms with E-state index in [9.17, 15) is 9.90 Å². The van der Waals surface area contributed by atoms with Gasteiger partial charge in [0, 0.05) is 12.2 Å². The number of rotatable bonds is 5. The molecule has 0 unspecified atom stereocenters. The van der Waals surface area contributed by atoms with Gasteiger partial charge in [-0.25, -0.2) is 4.68 Å². The number of nitrogens with zero attached hydrogens (tertiary/aromatic N) is 3. The van der Waals surface area contributed by atoms with Crippen molar-refractivity contribution in [3.05, 3.63) is 77.3 Å². The van der Waals surface area contributed by atoms with Gasteiger partial charge in [-0.15, -0.1) is 0 Å². The summed E-state index contributed by atoms with van der Waals surface area (Å²) in [6.45, 7) is 2.24. The van der Waals surface area contributed by atoms with Crippen LogP contribution < -0.4 is 15.4 Å². The number of aromatic nitrogens is 3. The molecule has 1 amide bonds. The zero-order valence-electron chi connectivity index (χ0n) is 16.1. The average molecular weight is 391 g/mol. The fourth-order valence-electron chi connectivity index (χ4n) is 3.43. The highest BCUT2D eigenvalue weighted by atomic mass is 16.5.